The van der Waals surface area contributed by atoms with Crippen molar-refractivity contribution in [3.63, 3.8) is 0 Å². The van der Waals surface area contributed by atoms with E-state index in [4.69, 9.17) is 0 Å². The molecule has 0 aliphatic heterocycles. The van der Waals surface area contributed by atoms with Gasteiger partial charge in [-0.3, -0.25) is 4.79 Å². The van der Waals surface area contributed by atoms with E-state index in [2.05, 4.69) is 19.2 Å². The summed E-state index contributed by atoms with van der Waals surface area (Å²) in [6, 6.07) is 7.50. The molecule has 1 aromatic carbocycles. The standard InChI is InChI=1S/C25H29NO2/c1-9-15(3)18(6)24(20(8)28)25(23(19(7)27)16(4)10-2)22-12-11-21(14-26)13-17(22)5/h9-13,25,28H,2,8H2,1,3-7H3/b15-9-,23-16-,24-18+/t25-/m0/s1. The summed E-state index contributed by atoms with van der Waals surface area (Å²) in [6.45, 7) is 18.7. The molecule has 0 amide bonds. The molecule has 0 saturated carbocycles. The maximum Gasteiger partial charge on any atom is 0.157 e. The second kappa shape index (κ2) is 9.71. The van der Waals surface area contributed by atoms with Crippen LogP contribution in [0.25, 0.3) is 0 Å². The van der Waals surface area contributed by atoms with Crippen LogP contribution in [0.5, 0.6) is 0 Å². The van der Waals surface area contributed by atoms with Crippen LogP contribution < -0.4 is 0 Å². The SMILES string of the molecule is C=C/C(C)=C(/C(C)=O)[C@@H](/C(C(=C)O)=C(C)/C(C)=C\C)c1ccc(C#N)cc1C. The fraction of sp³-hybridized carbons (Fsp3) is 0.280. The second-order valence-electron chi connectivity index (χ2n) is 6.93. The zero-order valence-electron chi connectivity index (χ0n) is 17.7. The molecule has 1 aromatic rings. The number of nitriles is 1. The third kappa shape index (κ3) is 4.78. The van der Waals surface area contributed by atoms with Crippen molar-refractivity contribution in [1.82, 2.24) is 0 Å². The monoisotopic (exact) mass is 375 g/mol. The van der Waals surface area contributed by atoms with Crippen molar-refractivity contribution in [2.75, 3.05) is 0 Å². The molecule has 0 saturated heterocycles. The Morgan fingerprint density at radius 1 is 1.21 bits per heavy atom. The molecule has 0 spiro atoms. The van der Waals surface area contributed by atoms with Crippen LogP contribution in [0.3, 0.4) is 0 Å². The minimum Gasteiger partial charge on any atom is -0.508 e. The van der Waals surface area contributed by atoms with Crippen LogP contribution in [0, 0.1) is 18.3 Å². The van der Waals surface area contributed by atoms with Gasteiger partial charge in [0.1, 0.15) is 5.76 Å². The van der Waals surface area contributed by atoms with Gasteiger partial charge in [0.05, 0.1) is 11.6 Å². The fourth-order valence-corrected chi connectivity index (χ4v) is 3.37. The molecular weight excluding hydrogens is 346 g/mol. The number of carbonyl (C=O) groups is 1. The highest BCUT2D eigenvalue weighted by atomic mass is 16.3. The van der Waals surface area contributed by atoms with Gasteiger partial charge in [-0.05, 0) is 75.9 Å². The van der Waals surface area contributed by atoms with Crippen LogP contribution in [0.15, 0.2) is 77.1 Å². The summed E-state index contributed by atoms with van der Waals surface area (Å²) in [5.41, 5.74) is 5.99. The highest BCUT2D eigenvalue weighted by Crippen LogP contribution is 2.41. The van der Waals surface area contributed by atoms with Gasteiger partial charge in [-0.1, -0.05) is 36.9 Å². The van der Waals surface area contributed by atoms with E-state index in [1.54, 1.807) is 18.2 Å². The molecule has 28 heavy (non-hydrogen) atoms. The average Bonchev–Trinajstić information content (AvgIpc) is 2.65. The lowest BCUT2D eigenvalue weighted by Crippen LogP contribution is -2.17. The maximum absolute atomic E-state index is 12.7. The molecule has 0 aliphatic carbocycles. The van der Waals surface area contributed by atoms with E-state index in [-0.39, 0.29) is 11.5 Å². The van der Waals surface area contributed by atoms with E-state index in [0.29, 0.717) is 16.7 Å². The van der Waals surface area contributed by atoms with Crippen LogP contribution in [-0.2, 0) is 4.79 Å². The van der Waals surface area contributed by atoms with Gasteiger partial charge in [-0.25, -0.2) is 0 Å². The number of hydrogen-bond acceptors (Lipinski definition) is 3. The lowest BCUT2D eigenvalue weighted by Gasteiger charge is -2.27. The Kier molecular flexibility index (Phi) is 7.95. The zero-order valence-corrected chi connectivity index (χ0v) is 17.7. The van der Waals surface area contributed by atoms with E-state index in [1.165, 1.54) is 6.92 Å². The van der Waals surface area contributed by atoms with Gasteiger partial charge < -0.3 is 5.11 Å². The van der Waals surface area contributed by atoms with Crippen LogP contribution in [0.2, 0.25) is 0 Å². The van der Waals surface area contributed by atoms with E-state index in [0.717, 1.165) is 27.8 Å². The molecule has 0 heterocycles. The second-order valence-corrected chi connectivity index (χ2v) is 6.93. The number of aliphatic hydroxyl groups excluding tert-OH is 1. The fourth-order valence-electron chi connectivity index (χ4n) is 3.37. The molecule has 3 nitrogen and oxygen atoms in total. The van der Waals surface area contributed by atoms with E-state index in [1.807, 2.05) is 46.8 Å². The number of nitrogens with zero attached hydrogens (tertiary/aromatic N) is 1. The van der Waals surface area contributed by atoms with Gasteiger partial charge in [0.2, 0.25) is 0 Å². The third-order valence-electron chi connectivity index (χ3n) is 5.14. The van der Waals surface area contributed by atoms with Crippen molar-refractivity contribution in [3.05, 3.63) is 93.8 Å². The summed E-state index contributed by atoms with van der Waals surface area (Å²) in [4.78, 5) is 12.7. The zero-order chi connectivity index (χ0) is 21.6. The predicted molar refractivity (Wildman–Crippen MR) is 116 cm³/mol. The number of aryl methyl sites for hydroxylation is 1. The third-order valence-corrected chi connectivity index (χ3v) is 5.14. The van der Waals surface area contributed by atoms with Gasteiger partial charge in [-0.2, -0.15) is 5.26 Å². The van der Waals surface area contributed by atoms with Crippen molar-refractivity contribution in [2.45, 2.75) is 47.5 Å². The number of aliphatic hydroxyl groups is 1. The summed E-state index contributed by atoms with van der Waals surface area (Å²) in [6.07, 6.45) is 3.61. The molecule has 0 radical (unpaired) electrons. The molecule has 0 fully saturated rings. The largest absolute Gasteiger partial charge is 0.508 e. The lowest BCUT2D eigenvalue weighted by atomic mass is 9.76. The van der Waals surface area contributed by atoms with Gasteiger partial charge in [-0.15, -0.1) is 0 Å². The first kappa shape index (κ1) is 22.9. The van der Waals surface area contributed by atoms with Gasteiger partial charge in [0.25, 0.3) is 0 Å². The van der Waals surface area contributed by atoms with Gasteiger partial charge >= 0.3 is 0 Å². The average molecular weight is 376 g/mol. The Bertz CT molecular complexity index is 949. The Labute approximate surface area is 168 Å². The highest BCUT2D eigenvalue weighted by Gasteiger charge is 2.30. The van der Waals surface area contributed by atoms with E-state index in [9.17, 15) is 15.2 Å². The van der Waals surface area contributed by atoms with Gasteiger partial charge in [0, 0.05) is 17.1 Å². The van der Waals surface area contributed by atoms with Crippen molar-refractivity contribution >= 4 is 5.78 Å². The number of rotatable bonds is 7. The molecule has 0 unspecified atom stereocenters. The molecule has 0 aromatic heterocycles. The summed E-state index contributed by atoms with van der Waals surface area (Å²) < 4.78 is 0. The summed E-state index contributed by atoms with van der Waals surface area (Å²) >= 11 is 0. The number of hydrogen-bond donors (Lipinski definition) is 1. The normalized spacial score (nSPS) is 14.4. The molecule has 1 rings (SSSR count). The maximum atomic E-state index is 12.7. The predicted octanol–water partition coefficient (Wildman–Crippen LogP) is 6.40. The summed E-state index contributed by atoms with van der Waals surface area (Å²) in [7, 11) is 0. The van der Waals surface area contributed by atoms with Crippen molar-refractivity contribution in [3.8, 4) is 6.07 Å². The molecule has 146 valence electrons. The van der Waals surface area contributed by atoms with Crippen LogP contribution in [0.4, 0.5) is 0 Å². The van der Waals surface area contributed by atoms with Crippen molar-refractivity contribution < 1.29 is 9.90 Å². The minimum absolute atomic E-state index is 0.0805. The van der Waals surface area contributed by atoms with Crippen LogP contribution in [-0.4, -0.2) is 10.9 Å². The van der Waals surface area contributed by atoms with Crippen molar-refractivity contribution in [2.24, 2.45) is 0 Å². The Morgan fingerprint density at radius 2 is 1.82 bits per heavy atom. The van der Waals surface area contributed by atoms with Crippen LogP contribution >= 0.6 is 0 Å². The van der Waals surface area contributed by atoms with Crippen molar-refractivity contribution in [1.29, 1.82) is 5.26 Å². The minimum atomic E-state index is -0.518. The molecule has 3 heteroatoms. The molecule has 0 aliphatic rings. The highest BCUT2D eigenvalue weighted by molar-refractivity contribution is 5.97. The van der Waals surface area contributed by atoms with E-state index < -0.39 is 5.92 Å². The molecule has 1 N–H and O–H groups in total. The first-order chi connectivity index (χ1) is 13.1. The first-order valence-corrected chi connectivity index (χ1v) is 9.17. The number of ketones is 1. The number of Topliss-reactive ketones (excluding diaryl/α,β-unsaturated/α-hetero) is 1. The Hall–Kier alpha value is -3.12. The van der Waals surface area contributed by atoms with Crippen LogP contribution in [0.1, 0.15) is 57.2 Å². The molecule has 0 bridgehead atoms. The lowest BCUT2D eigenvalue weighted by molar-refractivity contribution is -0.113. The summed E-state index contributed by atoms with van der Waals surface area (Å²) in [5, 5.41) is 19.8. The topological polar surface area (TPSA) is 61.1 Å². The number of benzene rings is 1. The number of allylic oxidation sites excluding steroid dienone is 7. The van der Waals surface area contributed by atoms with E-state index >= 15 is 0 Å². The quantitative estimate of drug-likeness (QED) is 0.341. The summed E-state index contributed by atoms with van der Waals surface area (Å²) in [5.74, 6) is -0.699. The van der Waals surface area contributed by atoms with Gasteiger partial charge in [0.15, 0.2) is 5.78 Å². The number of carbonyl (C=O) groups excluding carboxylic acids is 1. The first-order valence-electron chi connectivity index (χ1n) is 9.17. The molecular formula is C25H29NO2. The Balaban J connectivity index is 4.10. The Morgan fingerprint density at radius 3 is 2.21 bits per heavy atom. The smallest absolute Gasteiger partial charge is 0.157 e. The molecule has 1 atom stereocenters.